The zero-order valence-electron chi connectivity index (χ0n) is 18.1. The zero-order chi connectivity index (χ0) is 22.2. The van der Waals surface area contributed by atoms with Gasteiger partial charge in [0.1, 0.15) is 12.1 Å². The number of anilines is 1. The lowest BCUT2D eigenvalue weighted by Crippen LogP contribution is -2.51. The highest BCUT2D eigenvalue weighted by atomic mass is 19.1. The van der Waals surface area contributed by atoms with Gasteiger partial charge in [-0.1, -0.05) is 30.9 Å². The van der Waals surface area contributed by atoms with E-state index in [0.29, 0.717) is 23.9 Å². The number of likely N-dealkylation sites (tertiary alicyclic amines) is 1. The molecule has 1 amide bonds. The Bertz CT molecular complexity index is 1180. The molecule has 2 heterocycles. The molecule has 0 bridgehead atoms. The topological polar surface area (TPSA) is 63.1 Å². The monoisotopic (exact) mass is 431 g/mol. The molecular weight excluding hydrogens is 405 g/mol. The van der Waals surface area contributed by atoms with Gasteiger partial charge in [0.25, 0.3) is 0 Å². The summed E-state index contributed by atoms with van der Waals surface area (Å²) < 4.78 is 17.0. The Morgan fingerprint density at radius 2 is 1.97 bits per heavy atom. The van der Waals surface area contributed by atoms with Crippen LogP contribution in [0.25, 0.3) is 28.6 Å². The van der Waals surface area contributed by atoms with E-state index >= 15 is 4.39 Å². The zero-order valence-corrected chi connectivity index (χ0v) is 18.1. The third-order valence-corrected chi connectivity index (χ3v) is 6.35. The third kappa shape index (κ3) is 3.79. The molecule has 7 heteroatoms. The van der Waals surface area contributed by atoms with E-state index in [1.54, 1.807) is 18.5 Å². The van der Waals surface area contributed by atoms with Gasteiger partial charge in [-0.05, 0) is 47.7 Å². The van der Waals surface area contributed by atoms with Crippen molar-refractivity contribution >= 4 is 17.7 Å². The highest BCUT2D eigenvalue weighted by Gasteiger charge is 2.39. The summed E-state index contributed by atoms with van der Waals surface area (Å²) in [6, 6.07) is 11.1. The van der Waals surface area contributed by atoms with Crippen LogP contribution in [-0.4, -0.2) is 45.7 Å². The number of nitrogens with zero attached hydrogens (tertiary/aromatic N) is 4. The maximum absolute atomic E-state index is 15.1. The first kappa shape index (κ1) is 20.4. The van der Waals surface area contributed by atoms with Crippen molar-refractivity contribution in [1.82, 2.24) is 19.7 Å². The molecule has 1 aliphatic carbocycles. The lowest BCUT2D eigenvalue weighted by Gasteiger charge is -2.39. The normalized spacial score (nSPS) is 16.0. The molecule has 0 radical (unpaired) electrons. The first-order chi connectivity index (χ1) is 15.6. The molecule has 164 valence electrons. The fourth-order valence-corrected chi connectivity index (χ4v) is 4.34. The molecule has 2 fully saturated rings. The summed E-state index contributed by atoms with van der Waals surface area (Å²) >= 11 is 0. The van der Waals surface area contributed by atoms with Crippen LogP contribution in [0.4, 0.5) is 10.1 Å². The van der Waals surface area contributed by atoms with Gasteiger partial charge in [-0.3, -0.25) is 4.79 Å². The number of halogens is 1. The molecule has 1 saturated heterocycles. The van der Waals surface area contributed by atoms with Crippen LogP contribution in [0.1, 0.15) is 18.4 Å². The van der Waals surface area contributed by atoms with Crippen molar-refractivity contribution < 1.29 is 9.18 Å². The molecule has 1 N–H and O–H groups in total. The molecule has 1 saturated carbocycles. The highest BCUT2D eigenvalue weighted by molar-refractivity contribution is 5.81. The number of benzene rings is 2. The Morgan fingerprint density at radius 1 is 1.22 bits per heavy atom. The molecule has 2 aromatic carbocycles. The van der Waals surface area contributed by atoms with Crippen molar-refractivity contribution in [2.45, 2.75) is 19.4 Å². The molecular formula is C25H26FN5O. The van der Waals surface area contributed by atoms with E-state index in [1.807, 2.05) is 40.8 Å². The quantitative estimate of drug-likeness (QED) is 0.606. The van der Waals surface area contributed by atoms with Crippen LogP contribution in [0, 0.1) is 17.7 Å². The molecule has 5 rings (SSSR count). The summed E-state index contributed by atoms with van der Waals surface area (Å²) in [6.07, 6.45) is 5.48. The van der Waals surface area contributed by atoms with Gasteiger partial charge in [-0.2, -0.15) is 0 Å². The molecule has 1 aliphatic heterocycles. The first-order valence-electron chi connectivity index (χ1n) is 11.0. The standard InChI is InChI=1S/C25H26FN5O/c1-3-17-4-7-20(11-23(17)27-2)19-8-9-21(22(26)10-19)24-29-28-15-31(24)14-16-12-30(13-16)25(32)18-5-6-18/h3-4,7-11,15-16,18,27H,1,5-6,12-14H2,2H3. The minimum absolute atomic E-state index is 0.256. The van der Waals surface area contributed by atoms with Crippen LogP contribution in [0.15, 0.2) is 49.3 Å². The predicted molar refractivity (Wildman–Crippen MR) is 123 cm³/mol. The molecule has 6 nitrogen and oxygen atoms in total. The van der Waals surface area contributed by atoms with E-state index in [1.165, 1.54) is 6.07 Å². The molecule has 3 aromatic rings. The Balaban J connectivity index is 1.33. The van der Waals surface area contributed by atoms with Crippen LogP contribution in [0.5, 0.6) is 0 Å². The number of rotatable bonds is 7. The Kier molecular flexibility index (Phi) is 5.25. The second kappa shape index (κ2) is 8.22. The summed E-state index contributed by atoms with van der Waals surface area (Å²) in [5.41, 5.74) is 4.07. The van der Waals surface area contributed by atoms with E-state index in [2.05, 4.69) is 22.1 Å². The van der Waals surface area contributed by atoms with Crippen LogP contribution in [0.3, 0.4) is 0 Å². The van der Waals surface area contributed by atoms with E-state index in [0.717, 1.165) is 48.3 Å². The van der Waals surface area contributed by atoms with Crippen molar-refractivity contribution in [2.75, 3.05) is 25.5 Å². The van der Waals surface area contributed by atoms with Crippen molar-refractivity contribution in [3.05, 3.63) is 60.7 Å². The number of carbonyl (C=O) groups is 1. The number of aromatic nitrogens is 3. The van der Waals surface area contributed by atoms with Gasteiger partial charge in [0, 0.05) is 44.2 Å². The smallest absolute Gasteiger partial charge is 0.225 e. The molecule has 0 spiro atoms. The van der Waals surface area contributed by atoms with Crippen molar-refractivity contribution in [2.24, 2.45) is 11.8 Å². The van der Waals surface area contributed by atoms with Crippen molar-refractivity contribution in [3.8, 4) is 22.5 Å². The maximum atomic E-state index is 15.1. The van der Waals surface area contributed by atoms with E-state index in [-0.39, 0.29) is 17.6 Å². The van der Waals surface area contributed by atoms with Gasteiger partial charge in [0.15, 0.2) is 5.82 Å². The van der Waals surface area contributed by atoms with E-state index in [4.69, 9.17) is 0 Å². The average Bonchev–Trinajstić information content (AvgIpc) is 3.54. The lowest BCUT2D eigenvalue weighted by molar-refractivity contribution is -0.139. The van der Waals surface area contributed by atoms with Gasteiger partial charge in [0.05, 0.1) is 5.56 Å². The number of carbonyl (C=O) groups excluding carboxylic acids is 1. The fourth-order valence-electron chi connectivity index (χ4n) is 4.34. The van der Waals surface area contributed by atoms with Crippen LogP contribution >= 0.6 is 0 Å². The molecule has 0 atom stereocenters. The summed E-state index contributed by atoms with van der Waals surface area (Å²) in [5, 5.41) is 11.3. The summed E-state index contributed by atoms with van der Waals surface area (Å²) in [5.74, 6) is 1.06. The van der Waals surface area contributed by atoms with Gasteiger partial charge in [-0.25, -0.2) is 4.39 Å². The third-order valence-electron chi connectivity index (χ3n) is 6.35. The SMILES string of the molecule is C=Cc1ccc(-c2ccc(-c3nncn3CC3CN(C(=O)C4CC4)C3)c(F)c2)cc1NC. The highest BCUT2D eigenvalue weighted by Crippen LogP contribution is 2.34. The molecule has 1 aromatic heterocycles. The van der Waals surface area contributed by atoms with Gasteiger partial charge in [-0.15, -0.1) is 10.2 Å². The van der Waals surface area contributed by atoms with Crippen LogP contribution < -0.4 is 5.32 Å². The maximum Gasteiger partial charge on any atom is 0.225 e. The summed E-state index contributed by atoms with van der Waals surface area (Å²) in [4.78, 5) is 14.1. The summed E-state index contributed by atoms with van der Waals surface area (Å²) in [7, 11) is 1.85. The Hall–Kier alpha value is -3.48. The molecule has 2 aliphatic rings. The number of hydrogen-bond donors (Lipinski definition) is 1. The number of amides is 1. The largest absolute Gasteiger partial charge is 0.388 e. The minimum atomic E-state index is -0.338. The minimum Gasteiger partial charge on any atom is -0.388 e. The summed E-state index contributed by atoms with van der Waals surface area (Å²) in [6.45, 7) is 6.00. The van der Waals surface area contributed by atoms with E-state index < -0.39 is 0 Å². The van der Waals surface area contributed by atoms with Gasteiger partial charge >= 0.3 is 0 Å². The molecule has 0 unspecified atom stereocenters. The lowest BCUT2D eigenvalue weighted by atomic mass is 9.98. The number of nitrogens with one attached hydrogen (secondary N) is 1. The van der Waals surface area contributed by atoms with Crippen LogP contribution in [-0.2, 0) is 11.3 Å². The van der Waals surface area contributed by atoms with Crippen molar-refractivity contribution in [3.63, 3.8) is 0 Å². The predicted octanol–water partition coefficient (Wildman–Crippen LogP) is 4.30. The molecule has 32 heavy (non-hydrogen) atoms. The number of hydrogen-bond acceptors (Lipinski definition) is 4. The van der Waals surface area contributed by atoms with Gasteiger partial charge < -0.3 is 14.8 Å². The van der Waals surface area contributed by atoms with Crippen LogP contribution in [0.2, 0.25) is 0 Å². The second-order valence-corrected chi connectivity index (χ2v) is 8.64. The first-order valence-corrected chi connectivity index (χ1v) is 11.0. The Labute approximate surface area is 186 Å². The fraction of sp³-hybridized carbons (Fsp3) is 0.320. The second-order valence-electron chi connectivity index (χ2n) is 8.64. The van der Waals surface area contributed by atoms with Crippen molar-refractivity contribution in [1.29, 1.82) is 0 Å². The van der Waals surface area contributed by atoms with Gasteiger partial charge in [0.2, 0.25) is 5.91 Å². The Morgan fingerprint density at radius 3 is 2.66 bits per heavy atom. The van der Waals surface area contributed by atoms with E-state index in [9.17, 15) is 4.79 Å². The average molecular weight is 432 g/mol.